The average Bonchev–Trinajstić information content (AvgIpc) is 2.35. The highest BCUT2D eigenvalue weighted by Crippen LogP contribution is 2.12. The van der Waals surface area contributed by atoms with Crippen LogP contribution in [0.25, 0.3) is 0 Å². The lowest BCUT2D eigenvalue weighted by molar-refractivity contribution is -0.146. The fraction of sp³-hybridized carbons (Fsp3) is 0.455. The molecule has 1 aliphatic rings. The monoisotopic (exact) mass is 234 g/mol. The molecule has 0 saturated carbocycles. The number of nitrogens with zero attached hydrogens (tertiary/aromatic N) is 3. The zero-order chi connectivity index (χ0) is 12.3. The Balaban J connectivity index is 2.16. The number of hydrogen-bond acceptors (Lipinski definition) is 4. The van der Waals surface area contributed by atoms with Crippen molar-refractivity contribution < 1.29 is 9.59 Å². The standard InChI is InChI=1S/C11H14N4O2/c1-2-9-11(17)13-5-10(16)15(9)6-8-3-4-12-7-14-8/h3-4,7,9H,2,5-6H2,1H3,(H,13,17). The molecule has 2 heterocycles. The quantitative estimate of drug-likeness (QED) is 0.780. The van der Waals surface area contributed by atoms with Crippen LogP contribution in [-0.4, -0.2) is 39.3 Å². The summed E-state index contributed by atoms with van der Waals surface area (Å²) < 4.78 is 0. The Morgan fingerprint density at radius 3 is 3.00 bits per heavy atom. The molecule has 1 unspecified atom stereocenters. The second-order valence-electron chi connectivity index (χ2n) is 3.86. The molecule has 1 aromatic rings. The molecular formula is C11H14N4O2. The molecular weight excluding hydrogens is 220 g/mol. The summed E-state index contributed by atoms with van der Waals surface area (Å²) in [6.45, 7) is 2.31. The minimum Gasteiger partial charge on any atom is -0.345 e. The number of hydrogen-bond donors (Lipinski definition) is 1. The first-order valence-corrected chi connectivity index (χ1v) is 5.54. The molecule has 6 heteroatoms. The summed E-state index contributed by atoms with van der Waals surface area (Å²) in [5, 5.41) is 2.59. The third-order valence-electron chi connectivity index (χ3n) is 2.78. The van der Waals surface area contributed by atoms with Crippen LogP contribution in [0.3, 0.4) is 0 Å². The Morgan fingerprint density at radius 2 is 2.35 bits per heavy atom. The number of carbonyl (C=O) groups excluding carboxylic acids is 2. The second kappa shape index (κ2) is 4.90. The van der Waals surface area contributed by atoms with Crippen LogP contribution in [-0.2, 0) is 16.1 Å². The zero-order valence-corrected chi connectivity index (χ0v) is 9.59. The summed E-state index contributed by atoms with van der Waals surface area (Å²) in [6.07, 6.45) is 3.66. The smallest absolute Gasteiger partial charge is 0.243 e. The molecule has 0 radical (unpaired) electrons. The second-order valence-corrected chi connectivity index (χ2v) is 3.86. The van der Waals surface area contributed by atoms with Gasteiger partial charge in [0.25, 0.3) is 0 Å². The van der Waals surface area contributed by atoms with Gasteiger partial charge in [0.2, 0.25) is 11.8 Å². The summed E-state index contributed by atoms with van der Waals surface area (Å²) in [4.78, 5) is 32.9. The Labute approximate surface area is 99.1 Å². The van der Waals surface area contributed by atoms with Crippen LogP contribution < -0.4 is 5.32 Å². The van der Waals surface area contributed by atoms with Crippen LogP contribution in [0.5, 0.6) is 0 Å². The molecule has 0 aromatic carbocycles. The average molecular weight is 234 g/mol. The number of rotatable bonds is 3. The molecule has 0 spiro atoms. The van der Waals surface area contributed by atoms with Crippen molar-refractivity contribution in [1.82, 2.24) is 20.2 Å². The summed E-state index contributed by atoms with van der Waals surface area (Å²) in [7, 11) is 0. The fourth-order valence-corrected chi connectivity index (χ4v) is 1.89. The van der Waals surface area contributed by atoms with Gasteiger partial charge >= 0.3 is 0 Å². The molecule has 1 saturated heterocycles. The molecule has 2 rings (SSSR count). The van der Waals surface area contributed by atoms with Crippen LogP contribution in [0, 0.1) is 0 Å². The number of piperazine rings is 1. The van der Waals surface area contributed by atoms with Crippen molar-refractivity contribution >= 4 is 11.8 Å². The molecule has 90 valence electrons. The molecule has 0 bridgehead atoms. The first-order valence-electron chi connectivity index (χ1n) is 5.54. The molecule has 1 aliphatic heterocycles. The topological polar surface area (TPSA) is 75.2 Å². The van der Waals surface area contributed by atoms with Crippen molar-refractivity contribution in [1.29, 1.82) is 0 Å². The third kappa shape index (κ3) is 2.41. The van der Waals surface area contributed by atoms with Crippen LogP contribution in [0.1, 0.15) is 19.0 Å². The highest BCUT2D eigenvalue weighted by molar-refractivity contribution is 5.94. The van der Waals surface area contributed by atoms with Crippen molar-refractivity contribution in [3.05, 3.63) is 24.3 Å². The van der Waals surface area contributed by atoms with E-state index < -0.39 is 6.04 Å². The fourth-order valence-electron chi connectivity index (χ4n) is 1.89. The Bertz CT molecular complexity index is 421. The van der Waals surface area contributed by atoms with E-state index in [9.17, 15) is 9.59 Å². The van der Waals surface area contributed by atoms with Crippen LogP contribution in [0.2, 0.25) is 0 Å². The number of aromatic nitrogens is 2. The largest absolute Gasteiger partial charge is 0.345 e. The van der Waals surface area contributed by atoms with Gasteiger partial charge in [0.15, 0.2) is 0 Å². The van der Waals surface area contributed by atoms with E-state index in [4.69, 9.17) is 0 Å². The molecule has 0 aliphatic carbocycles. The van der Waals surface area contributed by atoms with Gasteiger partial charge in [-0.15, -0.1) is 0 Å². The first-order chi connectivity index (χ1) is 8.22. The van der Waals surface area contributed by atoms with Gasteiger partial charge < -0.3 is 10.2 Å². The van der Waals surface area contributed by atoms with Gasteiger partial charge in [-0.25, -0.2) is 9.97 Å². The molecule has 1 aromatic heterocycles. The van der Waals surface area contributed by atoms with Gasteiger partial charge in [0.1, 0.15) is 12.4 Å². The van der Waals surface area contributed by atoms with Crippen molar-refractivity contribution in [3.8, 4) is 0 Å². The number of carbonyl (C=O) groups is 2. The molecule has 1 fully saturated rings. The highest BCUT2D eigenvalue weighted by Gasteiger charge is 2.33. The summed E-state index contributed by atoms with van der Waals surface area (Å²) in [5.41, 5.74) is 0.738. The van der Waals surface area contributed by atoms with E-state index in [1.807, 2.05) is 6.92 Å². The normalized spacial score (nSPS) is 20.3. The van der Waals surface area contributed by atoms with E-state index in [1.54, 1.807) is 17.2 Å². The zero-order valence-electron chi connectivity index (χ0n) is 9.59. The third-order valence-corrected chi connectivity index (χ3v) is 2.78. The van der Waals surface area contributed by atoms with Crippen molar-refractivity contribution in [2.24, 2.45) is 0 Å². The van der Waals surface area contributed by atoms with Gasteiger partial charge in [0.05, 0.1) is 18.8 Å². The van der Waals surface area contributed by atoms with E-state index in [0.717, 1.165) is 5.69 Å². The van der Waals surface area contributed by atoms with Crippen molar-refractivity contribution in [2.45, 2.75) is 25.9 Å². The lowest BCUT2D eigenvalue weighted by Gasteiger charge is -2.34. The first kappa shape index (κ1) is 11.5. The number of amides is 2. The van der Waals surface area contributed by atoms with E-state index in [1.165, 1.54) is 6.33 Å². The minimum absolute atomic E-state index is 0.0699. The van der Waals surface area contributed by atoms with Crippen LogP contribution >= 0.6 is 0 Å². The summed E-state index contributed by atoms with van der Waals surface area (Å²) in [5.74, 6) is -0.170. The molecule has 1 N–H and O–H groups in total. The van der Waals surface area contributed by atoms with Gasteiger partial charge in [-0.2, -0.15) is 0 Å². The lowest BCUT2D eigenvalue weighted by atomic mass is 10.1. The maximum Gasteiger partial charge on any atom is 0.243 e. The van der Waals surface area contributed by atoms with Gasteiger partial charge in [-0.1, -0.05) is 6.92 Å². The Hall–Kier alpha value is -1.98. The van der Waals surface area contributed by atoms with Gasteiger partial charge in [-0.3, -0.25) is 9.59 Å². The van der Waals surface area contributed by atoms with Crippen LogP contribution in [0.4, 0.5) is 0 Å². The highest BCUT2D eigenvalue weighted by atomic mass is 16.2. The maximum atomic E-state index is 11.8. The summed E-state index contributed by atoms with van der Waals surface area (Å²) >= 11 is 0. The van der Waals surface area contributed by atoms with E-state index in [0.29, 0.717) is 13.0 Å². The van der Waals surface area contributed by atoms with Crippen molar-refractivity contribution in [2.75, 3.05) is 6.54 Å². The Morgan fingerprint density at radius 1 is 1.53 bits per heavy atom. The van der Waals surface area contributed by atoms with E-state index in [-0.39, 0.29) is 18.4 Å². The Kier molecular flexibility index (Phi) is 3.32. The molecule has 17 heavy (non-hydrogen) atoms. The van der Waals surface area contributed by atoms with Gasteiger partial charge in [-0.05, 0) is 12.5 Å². The van der Waals surface area contributed by atoms with Crippen LogP contribution in [0.15, 0.2) is 18.6 Å². The molecule has 1 atom stereocenters. The maximum absolute atomic E-state index is 11.8. The SMILES string of the molecule is CCC1C(=O)NCC(=O)N1Cc1ccncn1. The van der Waals surface area contributed by atoms with E-state index >= 15 is 0 Å². The molecule has 6 nitrogen and oxygen atoms in total. The predicted octanol–water partition coefficient (Wildman–Crippen LogP) is -0.286. The number of nitrogens with one attached hydrogen (secondary N) is 1. The molecule has 2 amide bonds. The summed E-state index contributed by atoms with van der Waals surface area (Å²) in [6, 6.07) is 1.35. The minimum atomic E-state index is -0.397. The predicted molar refractivity (Wildman–Crippen MR) is 59.7 cm³/mol. The van der Waals surface area contributed by atoms with Crippen molar-refractivity contribution in [3.63, 3.8) is 0 Å². The lowest BCUT2D eigenvalue weighted by Crippen LogP contribution is -2.57. The van der Waals surface area contributed by atoms with E-state index in [2.05, 4.69) is 15.3 Å². The van der Waals surface area contributed by atoms with Gasteiger partial charge in [0, 0.05) is 6.20 Å².